The van der Waals surface area contributed by atoms with Crippen LogP contribution in [0, 0.1) is 0 Å². The molecule has 0 saturated heterocycles. The van der Waals surface area contributed by atoms with Crippen molar-refractivity contribution in [2.75, 3.05) is 17.2 Å². The Morgan fingerprint density at radius 3 is 3.10 bits per heavy atom. The van der Waals surface area contributed by atoms with Crippen LogP contribution in [0.3, 0.4) is 0 Å². The van der Waals surface area contributed by atoms with Gasteiger partial charge in [-0.2, -0.15) is 0 Å². The lowest BCUT2D eigenvalue weighted by Gasteiger charge is -2.27. The van der Waals surface area contributed by atoms with Gasteiger partial charge in [-0.3, -0.25) is 4.79 Å². The topological polar surface area (TPSA) is 46.3 Å². The summed E-state index contributed by atoms with van der Waals surface area (Å²) in [6, 6.07) is 8.02. The molecule has 4 heteroatoms. The summed E-state index contributed by atoms with van der Waals surface area (Å²) in [6.07, 6.45) is 4.13. The Kier molecular flexibility index (Phi) is 3.00. The standard InChI is InChI=1S/C17H18N2OS/c18-12-4-5-15-11(10-12)6-8-19(15)17(20)14-2-1-3-16-13(14)7-9-21-16/h4-5,7,9-10,14H,1-3,6,8,18H2. The zero-order chi connectivity index (χ0) is 14.4. The molecule has 1 aromatic carbocycles. The Morgan fingerprint density at radius 1 is 1.29 bits per heavy atom. The third-order valence-corrected chi connectivity index (χ3v) is 5.61. The number of benzene rings is 1. The second-order valence-electron chi connectivity index (χ2n) is 5.87. The number of nitrogens with zero attached hydrogens (tertiary/aromatic N) is 1. The van der Waals surface area contributed by atoms with Crippen LogP contribution in [-0.2, 0) is 17.6 Å². The monoisotopic (exact) mass is 298 g/mol. The van der Waals surface area contributed by atoms with E-state index in [4.69, 9.17) is 5.73 Å². The quantitative estimate of drug-likeness (QED) is 0.821. The van der Waals surface area contributed by atoms with Crippen LogP contribution in [-0.4, -0.2) is 12.5 Å². The van der Waals surface area contributed by atoms with E-state index in [9.17, 15) is 4.79 Å². The molecule has 0 saturated carbocycles. The number of nitrogens with two attached hydrogens (primary N) is 1. The molecule has 0 fully saturated rings. The van der Waals surface area contributed by atoms with Crippen LogP contribution in [0.2, 0.25) is 0 Å². The van der Waals surface area contributed by atoms with Crippen molar-refractivity contribution in [2.45, 2.75) is 31.6 Å². The number of hydrogen-bond acceptors (Lipinski definition) is 3. The highest BCUT2D eigenvalue weighted by Crippen LogP contribution is 2.39. The minimum atomic E-state index is 0.0449. The Balaban J connectivity index is 1.67. The first kappa shape index (κ1) is 12.9. The maximum absolute atomic E-state index is 13.0. The van der Waals surface area contributed by atoms with Gasteiger partial charge in [-0.05, 0) is 66.5 Å². The summed E-state index contributed by atoms with van der Waals surface area (Å²) in [4.78, 5) is 16.4. The fourth-order valence-corrected chi connectivity index (χ4v) is 4.57. The fourth-order valence-electron chi connectivity index (χ4n) is 3.58. The lowest BCUT2D eigenvalue weighted by molar-refractivity contribution is -0.120. The van der Waals surface area contributed by atoms with E-state index >= 15 is 0 Å². The smallest absolute Gasteiger partial charge is 0.234 e. The molecule has 3 nitrogen and oxygen atoms in total. The number of rotatable bonds is 1. The number of anilines is 2. The van der Waals surface area contributed by atoms with E-state index in [-0.39, 0.29) is 11.8 Å². The summed E-state index contributed by atoms with van der Waals surface area (Å²) < 4.78 is 0. The van der Waals surface area contributed by atoms with Crippen molar-refractivity contribution in [1.82, 2.24) is 0 Å². The van der Waals surface area contributed by atoms with Crippen LogP contribution >= 0.6 is 11.3 Å². The summed E-state index contributed by atoms with van der Waals surface area (Å²) in [5, 5.41) is 2.12. The van der Waals surface area contributed by atoms with Crippen LogP contribution in [0.1, 0.15) is 34.8 Å². The van der Waals surface area contributed by atoms with Gasteiger partial charge in [0.15, 0.2) is 0 Å². The predicted molar refractivity (Wildman–Crippen MR) is 86.9 cm³/mol. The van der Waals surface area contributed by atoms with Gasteiger partial charge in [-0.1, -0.05) is 0 Å². The summed E-state index contributed by atoms with van der Waals surface area (Å²) >= 11 is 1.79. The molecule has 0 radical (unpaired) electrons. The molecule has 4 rings (SSSR count). The molecule has 108 valence electrons. The van der Waals surface area contributed by atoms with E-state index in [0.717, 1.165) is 43.6 Å². The van der Waals surface area contributed by atoms with Gasteiger partial charge < -0.3 is 10.6 Å². The van der Waals surface area contributed by atoms with E-state index in [1.165, 1.54) is 16.0 Å². The van der Waals surface area contributed by atoms with Gasteiger partial charge >= 0.3 is 0 Å². The summed E-state index contributed by atoms with van der Waals surface area (Å²) in [5.41, 5.74) is 10.1. The lowest BCUT2D eigenvalue weighted by Crippen LogP contribution is -2.34. The Labute approximate surface area is 128 Å². The van der Waals surface area contributed by atoms with Crippen LogP contribution in [0.4, 0.5) is 11.4 Å². The maximum Gasteiger partial charge on any atom is 0.234 e. The molecular formula is C17H18N2OS. The van der Waals surface area contributed by atoms with Crippen LogP contribution < -0.4 is 10.6 Å². The molecule has 1 unspecified atom stereocenters. The van der Waals surface area contributed by atoms with Gasteiger partial charge in [-0.15, -0.1) is 11.3 Å². The minimum absolute atomic E-state index is 0.0449. The second-order valence-corrected chi connectivity index (χ2v) is 6.87. The van der Waals surface area contributed by atoms with Crippen LogP contribution in [0.25, 0.3) is 0 Å². The largest absolute Gasteiger partial charge is 0.399 e. The molecule has 2 aromatic rings. The average molecular weight is 298 g/mol. The number of amides is 1. The zero-order valence-corrected chi connectivity index (χ0v) is 12.7. The SMILES string of the molecule is Nc1ccc2c(c1)CCN2C(=O)C1CCCc2sccc21. The molecule has 1 amide bonds. The molecular weight excluding hydrogens is 280 g/mol. The van der Waals surface area contributed by atoms with Crippen LogP contribution in [0.15, 0.2) is 29.6 Å². The molecule has 1 atom stereocenters. The van der Waals surface area contributed by atoms with E-state index in [1.807, 2.05) is 23.1 Å². The minimum Gasteiger partial charge on any atom is -0.399 e. The molecule has 21 heavy (non-hydrogen) atoms. The van der Waals surface area contributed by atoms with Gasteiger partial charge in [0.25, 0.3) is 0 Å². The van der Waals surface area contributed by atoms with Gasteiger partial charge in [0.2, 0.25) is 5.91 Å². The van der Waals surface area contributed by atoms with Crippen molar-refractivity contribution in [3.8, 4) is 0 Å². The summed E-state index contributed by atoms with van der Waals surface area (Å²) in [6.45, 7) is 0.785. The third kappa shape index (κ3) is 2.05. The van der Waals surface area contributed by atoms with Crippen molar-refractivity contribution >= 4 is 28.6 Å². The first-order chi connectivity index (χ1) is 10.2. The Bertz CT molecular complexity index is 707. The van der Waals surface area contributed by atoms with Crippen molar-refractivity contribution in [3.05, 3.63) is 45.6 Å². The Hall–Kier alpha value is -1.81. The van der Waals surface area contributed by atoms with E-state index < -0.39 is 0 Å². The number of aryl methyl sites for hydroxylation is 1. The highest BCUT2D eigenvalue weighted by molar-refractivity contribution is 7.10. The number of thiophene rings is 1. The molecule has 2 N–H and O–H groups in total. The van der Waals surface area contributed by atoms with Crippen molar-refractivity contribution in [2.24, 2.45) is 0 Å². The molecule has 1 aliphatic heterocycles. The summed E-state index contributed by atoms with van der Waals surface area (Å²) in [7, 11) is 0. The number of fused-ring (bicyclic) bond motifs is 2. The van der Waals surface area contributed by atoms with Gasteiger partial charge in [0, 0.05) is 22.8 Å². The Morgan fingerprint density at radius 2 is 2.19 bits per heavy atom. The van der Waals surface area contributed by atoms with E-state index in [1.54, 1.807) is 11.3 Å². The summed E-state index contributed by atoms with van der Waals surface area (Å²) in [5.74, 6) is 0.307. The van der Waals surface area contributed by atoms with Crippen LogP contribution in [0.5, 0.6) is 0 Å². The first-order valence-electron chi connectivity index (χ1n) is 7.50. The van der Waals surface area contributed by atoms with Crippen molar-refractivity contribution in [3.63, 3.8) is 0 Å². The van der Waals surface area contributed by atoms with Crippen molar-refractivity contribution < 1.29 is 4.79 Å². The molecule has 1 aliphatic carbocycles. The highest BCUT2D eigenvalue weighted by Gasteiger charge is 2.34. The normalized spacial score (nSPS) is 20.2. The van der Waals surface area contributed by atoms with E-state index in [2.05, 4.69) is 11.4 Å². The number of nitrogen functional groups attached to an aromatic ring is 1. The molecule has 0 bridgehead atoms. The number of carbonyl (C=O) groups is 1. The maximum atomic E-state index is 13.0. The number of carbonyl (C=O) groups excluding carboxylic acids is 1. The van der Waals surface area contributed by atoms with Gasteiger partial charge in [0.1, 0.15) is 0 Å². The van der Waals surface area contributed by atoms with Gasteiger partial charge in [-0.25, -0.2) is 0 Å². The molecule has 1 aromatic heterocycles. The zero-order valence-electron chi connectivity index (χ0n) is 11.8. The van der Waals surface area contributed by atoms with Crippen molar-refractivity contribution in [1.29, 1.82) is 0 Å². The molecule has 2 heterocycles. The fraction of sp³-hybridized carbons (Fsp3) is 0.353. The highest BCUT2D eigenvalue weighted by atomic mass is 32.1. The van der Waals surface area contributed by atoms with Gasteiger partial charge in [0.05, 0.1) is 5.92 Å². The third-order valence-electron chi connectivity index (χ3n) is 4.62. The molecule has 0 spiro atoms. The number of hydrogen-bond donors (Lipinski definition) is 1. The second kappa shape index (κ2) is 4.88. The predicted octanol–water partition coefficient (Wildman–Crippen LogP) is 3.34. The first-order valence-corrected chi connectivity index (χ1v) is 8.38. The molecule has 2 aliphatic rings. The lowest BCUT2D eigenvalue weighted by atomic mass is 9.86. The van der Waals surface area contributed by atoms with E-state index in [0.29, 0.717) is 0 Å². The average Bonchev–Trinajstić information content (AvgIpc) is 3.11.